The van der Waals surface area contributed by atoms with Gasteiger partial charge in [0, 0.05) is 44.6 Å². The number of para-hydroxylation sites is 7. The monoisotopic (exact) mass is 697 g/mol. The van der Waals surface area contributed by atoms with Gasteiger partial charge in [-0.3, -0.25) is 0 Å². The molecule has 5 nitrogen and oxygen atoms in total. The molecule has 5 aliphatic heterocycles. The standard InChI is InChI=1S/C48H25B2N3O2/c1-5-17-33-27(13-1)42-46-32(24-28-26-12-2-9-21-39(26)55-48(28)42)50-30-15-4-7-19-35(30)52-34-18-6-3-14-29(34)49-31-16-11-23-41-45(31)53(36-20-8-10-22-40(36)54-41)38-25-37(51(33)46)44(50)47(52)43(38)49/h1-25H. The van der Waals surface area contributed by atoms with E-state index in [0.29, 0.717) is 0 Å². The van der Waals surface area contributed by atoms with Gasteiger partial charge in [-0.1, -0.05) is 103 Å². The highest BCUT2D eigenvalue weighted by Crippen LogP contribution is 2.54. The lowest BCUT2D eigenvalue weighted by atomic mass is 9.29. The number of hydrogen-bond donors (Lipinski definition) is 0. The minimum Gasteiger partial charge on any atom is -0.455 e. The number of fused-ring (bicyclic) bond motifs is 19. The third-order valence-electron chi connectivity index (χ3n) is 13.1. The molecule has 0 unspecified atom stereocenters. The van der Waals surface area contributed by atoms with Crippen LogP contribution in [0.2, 0.25) is 0 Å². The van der Waals surface area contributed by atoms with E-state index in [0.717, 1.165) is 39.4 Å². The van der Waals surface area contributed by atoms with Crippen molar-refractivity contribution in [1.29, 1.82) is 0 Å². The lowest BCUT2D eigenvalue weighted by Crippen LogP contribution is -2.68. The molecule has 0 aliphatic carbocycles. The smallest absolute Gasteiger partial charge is 0.252 e. The fraction of sp³-hybridized carbons (Fsp3) is 0. The molecule has 0 saturated heterocycles. The molecule has 0 bridgehead atoms. The summed E-state index contributed by atoms with van der Waals surface area (Å²) in [6.45, 7) is 0.0348. The third kappa shape index (κ3) is 2.99. The summed E-state index contributed by atoms with van der Waals surface area (Å²) in [7, 11) is 0. The summed E-state index contributed by atoms with van der Waals surface area (Å²) < 4.78 is 16.1. The predicted molar refractivity (Wildman–Crippen MR) is 227 cm³/mol. The minimum absolute atomic E-state index is 0.00995. The zero-order valence-corrected chi connectivity index (χ0v) is 29.2. The summed E-state index contributed by atoms with van der Waals surface area (Å²) in [5.74, 6) is 1.76. The summed E-state index contributed by atoms with van der Waals surface area (Å²) in [4.78, 5) is 5.09. The number of rotatable bonds is 0. The second-order valence-electron chi connectivity index (χ2n) is 15.5. The first kappa shape index (κ1) is 27.5. The van der Waals surface area contributed by atoms with Crippen LogP contribution in [-0.2, 0) is 0 Å². The van der Waals surface area contributed by atoms with Crippen LogP contribution >= 0.6 is 0 Å². The number of ether oxygens (including phenoxy) is 1. The van der Waals surface area contributed by atoms with Crippen LogP contribution in [0.25, 0.3) is 49.4 Å². The Morgan fingerprint density at radius 2 is 1.07 bits per heavy atom. The van der Waals surface area contributed by atoms with Gasteiger partial charge in [0.25, 0.3) is 13.4 Å². The maximum Gasteiger partial charge on any atom is 0.252 e. The summed E-state index contributed by atoms with van der Waals surface area (Å²) in [5, 5.41) is 4.72. The van der Waals surface area contributed by atoms with Gasteiger partial charge in [-0.15, -0.1) is 0 Å². The van der Waals surface area contributed by atoms with Crippen molar-refractivity contribution in [3.8, 4) is 17.2 Å². The number of nitrogens with zero attached hydrogens (tertiary/aromatic N) is 3. The second kappa shape index (κ2) is 9.15. The van der Waals surface area contributed by atoms with Gasteiger partial charge in [0.2, 0.25) is 0 Å². The van der Waals surface area contributed by atoms with Gasteiger partial charge in [0.15, 0.2) is 11.5 Å². The van der Waals surface area contributed by atoms with E-state index in [9.17, 15) is 0 Å². The second-order valence-corrected chi connectivity index (χ2v) is 15.5. The molecule has 0 amide bonds. The summed E-state index contributed by atoms with van der Waals surface area (Å²) in [6.07, 6.45) is 0. The zero-order valence-electron chi connectivity index (χ0n) is 29.2. The highest BCUT2D eigenvalue weighted by Gasteiger charge is 2.52. The van der Waals surface area contributed by atoms with Gasteiger partial charge in [0.1, 0.15) is 11.2 Å². The van der Waals surface area contributed by atoms with Gasteiger partial charge in [-0.05, 0) is 81.3 Å². The van der Waals surface area contributed by atoms with E-state index in [1.54, 1.807) is 0 Å². The Bertz CT molecular complexity index is 3470. The van der Waals surface area contributed by atoms with Crippen molar-refractivity contribution in [1.82, 2.24) is 4.57 Å². The Morgan fingerprint density at radius 3 is 1.93 bits per heavy atom. The molecule has 0 saturated carbocycles. The lowest BCUT2D eigenvalue weighted by Gasteiger charge is -2.50. The van der Waals surface area contributed by atoms with Crippen molar-refractivity contribution >= 4 is 124 Å². The molecule has 0 radical (unpaired) electrons. The molecule has 8 aromatic carbocycles. The van der Waals surface area contributed by atoms with Crippen molar-refractivity contribution < 1.29 is 9.15 Å². The molecule has 5 aliphatic rings. The molecule has 10 aromatic rings. The fourth-order valence-electron chi connectivity index (χ4n) is 11.2. The van der Waals surface area contributed by atoms with Crippen LogP contribution < -0.4 is 47.3 Å². The van der Waals surface area contributed by atoms with Crippen LogP contribution in [-0.4, -0.2) is 18.0 Å². The Labute approximate surface area is 315 Å². The Kier molecular flexibility index (Phi) is 4.57. The summed E-state index contributed by atoms with van der Waals surface area (Å²) >= 11 is 0. The van der Waals surface area contributed by atoms with E-state index in [2.05, 4.69) is 166 Å². The van der Waals surface area contributed by atoms with Crippen molar-refractivity contribution in [2.24, 2.45) is 0 Å². The first-order valence-electron chi connectivity index (χ1n) is 19.1. The number of benzene rings is 8. The van der Waals surface area contributed by atoms with Crippen molar-refractivity contribution in [3.63, 3.8) is 0 Å². The SMILES string of the molecule is c1ccc2c(c1)Oc1cccc3c1N2c1cc2c4c5c1B3c1ccccc1N5c1ccccc1B4c1cc3c4ccccc4oc3c3c4ccccc4n-2c13. The normalized spacial score (nSPS) is 14.5. The van der Waals surface area contributed by atoms with Crippen LogP contribution in [0.1, 0.15) is 0 Å². The van der Waals surface area contributed by atoms with E-state index in [1.807, 2.05) is 0 Å². The number of aromatic nitrogens is 1. The number of furan rings is 1. The third-order valence-corrected chi connectivity index (χ3v) is 13.1. The van der Waals surface area contributed by atoms with Crippen molar-refractivity contribution in [2.45, 2.75) is 0 Å². The Balaban J connectivity index is 1.20. The van der Waals surface area contributed by atoms with Crippen LogP contribution in [0.5, 0.6) is 11.5 Å². The summed E-state index contributed by atoms with van der Waals surface area (Å²) in [6, 6.07) is 55.7. The quantitative estimate of drug-likeness (QED) is 0.151. The van der Waals surface area contributed by atoms with E-state index < -0.39 is 0 Å². The molecule has 2 aromatic heterocycles. The van der Waals surface area contributed by atoms with E-state index in [-0.39, 0.29) is 13.4 Å². The average Bonchev–Trinajstić information content (AvgIpc) is 3.79. The number of anilines is 6. The highest BCUT2D eigenvalue weighted by atomic mass is 16.5. The van der Waals surface area contributed by atoms with Gasteiger partial charge in [-0.25, -0.2) is 0 Å². The van der Waals surface area contributed by atoms with E-state index in [4.69, 9.17) is 9.15 Å². The van der Waals surface area contributed by atoms with Crippen molar-refractivity contribution in [2.75, 3.05) is 9.80 Å². The summed E-state index contributed by atoms with van der Waals surface area (Å²) in [5.41, 5.74) is 20.6. The van der Waals surface area contributed by atoms with E-state index >= 15 is 0 Å². The van der Waals surface area contributed by atoms with Gasteiger partial charge < -0.3 is 23.5 Å². The van der Waals surface area contributed by atoms with Gasteiger partial charge in [-0.2, -0.15) is 0 Å². The van der Waals surface area contributed by atoms with Gasteiger partial charge in [0.05, 0.1) is 27.8 Å². The molecule has 7 heterocycles. The highest BCUT2D eigenvalue weighted by molar-refractivity contribution is 7.05. The van der Waals surface area contributed by atoms with Crippen LogP contribution in [0.3, 0.4) is 0 Å². The van der Waals surface area contributed by atoms with Crippen LogP contribution in [0.4, 0.5) is 34.1 Å². The zero-order chi connectivity index (χ0) is 35.3. The number of hydrogen-bond acceptors (Lipinski definition) is 4. The van der Waals surface area contributed by atoms with E-state index in [1.165, 1.54) is 88.4 Å². The molecule has 0 spiro atoms. The molecule has 55 heavy (non-hydrogen) atoms. The minimum atomic E-state index is 0.00995. The van der Waals surface area contributed by atoms with Crippen LogP contribution in [0.15, 0.2) is 156 Å². The molecular formula is C48H25B2N3O2. The maximum absolute atomic E-state index is 6.83. The van der Waals surface area contributed by atoms with Crippen molar-refractivity contribution in [3.05, 3.63) is 152 Å². The topological polar surface area (TPSA) is 33.8 Å². The molecule has 250 valence electrons. The first-order chi connectivity index (χ1) is 27.3. The molecule has 7 heteroatoms. The molecular weight excluding hydrogens is 672 g/mol. The largest absolute Gasteiger partial charge is 0.455 e. The molecule has 0 fully saturated rings. The Morgan fingerprint density at radius 1 is 0.436 bits per heavy atom. The predicted octanol–water partition coefficient (Wildman–Crippen LogP) is 8.01. The first-order valence-corrected chi connectivity index (χ1v) is 19.1. The average molecular weight is 697 g/mol. The molecule has 15 rings (SSSR count). The van der Waals surface area contributed by atoms with Gasteiger partial charge >= 0.3 is 0 Å². The molecule has 0 atom stereocenters. The van der Waals surface area contributed by atoms with Crippen LogP contribution in [0, 0.1) is 0 Å². The maximum atomic E-state index is 6.83. The molecule has 0 N–H and O–H groups in total. The Hall–Kier alpha value is -7.11. The lowest BCUT2D eigenvalue weighted by molar-refractivity contribution is 0.477. The fourth-order valence-corrected chi connectivity index (χ4v) is 11.2.